The van der Waals surface area contributed by atoms with Gasteiger partial charge in [0.1, 0.15) is 0 Å². The van der Waals surface area contributed by atoms with Crippen LogP contribution in [0.5, 0.6) is 0 Å². The molecule has 1 rings (SSSR count). The highest BCUT2D eigenvalue weighted by molar-refractivity contribution is 8.16. The Morgan fingerprint density at radius 3 is 2.92 bits per heavy atom. The summed E-state index contributed by atoms with van der Waals surface area (Å²) in [5.41, 5.74) is 0. The van der Waals surface area contributed by atoms with E-state index in [0.29, 0.717) is 5.17 Å². The maximum absolute atomic E-state index is 11.2. The molecule has 1 fully saturated rings. The Bertz CT molecular complexity index is 264. The molecule has 1 saturated heterocycles. The first kappa shape index (κ1) is 10.0. The minimum Gasteiger partial charge on any atom is -0.465 e. The van der Waals surface area contributed by atoms with Crippen LogP contribution in [-0.4, -0.2) is 35.9 Å². The fraction of sp³-hybridized carbons (Fsp3) is 0.571. The van der Waals surface area contributed by atoms with E-state index in [0.717, 1.165) is 11.8 Å². The van der Waals surface area contributed by atoms with Gasteiger partial charge < -0.3 is 10.1 Å². The minimum absolute atomic E-state index is 0.280. The summed E-state index contributed by atoms with van der Waals surface area (Å²) in [6.07, 6.45) is 0. The molecular formula is C7H10N2O3S. The van der Waals surface area contributed by atoms with Crippen molar-refractivity contribution in [2.75, 3.05) is 13.7 Å². The summed E-state index contributed by atoms with van der Waals surface area (Å²) < 4.78 is 4.71. The first-order valence-electron chi connectivity index (χ1n) is 3.80. The Kier molecular flexibility index (Phi) is 3.30. The van der Waals surface area contributed by atoms with Crippen LogP contribution in [0.2, 0.25) is 0 Å². The highest BCUT2D eigenvalue weighted by Crippen LogP contribution is 2.20. The average molecular weight is 202 g/mol. The van der Waals surface area contributed by atoms with Crippen molar-refractivity contribution in [1.29, 1.82) is 0 Å². The lowest BCUT2D eigenvalue weighted by atomic mass is 10.4. The lowest BCUT2D eigenvalue weighted by molar-refractivity contribution is -0.144. The lowest BCUT2D eigenvalue weighted by Gasteiger charge is -2.03. The number of amidine groups is 1. The van der Waals surface area contributed by atoms with E-state index >= 15 is 0 Å². The molecule has 0 aliphatic carbocycles. The van der Waals surface area contributed by atoms with Crippen molar-refractivity contribution >= 4 is 28.8 Å². The zero-order chi connectivity index (χ0) is 9.84. The number of aliphatic imine (C=N–C) groups is 1. The van der Waals surface area contributed by atoms with E-state index in [2.05, 4.69) is 10.3 Å². The van der Waals surface area contributed by atoms with E-state index in [1.54, 1.807) is 14.0 Å². The second-order valence-corrected chi connectivity index (χ2v) is 3.36. The number of ether oxygens (including phenoxy) is 1. The Labute approximate surface area is 79.9 Å². The van der Waals surface area contributed by atoms with Crippen LogP contribution in [0.15, 0.2) is 4.99 Å². The summed E-state index contributed by atoms with van der Waals surface area (Å²) >= 11 is 1.08. The van der Waals surface area contributed by atoms with E-state index in [4.69, 9.17) is 4.74 Å². The second-order valence-electron chi connectivity index (χ2n) is 2.27. The van der Waals surface area contributed by atoms with Crippen LogP contribution >= 0.6 is 11.8 Å². The molecule has 1 N–H and O–H groups in total. The van der Waals surface area contributed by atoms with Gasteiger partial charge in [-0.25, -0.2) is 0 Å². The predicted octanol–water partition coefficient (Wildman–Crippen LogP) is -0.233. The van der Waals surface area contributed by atoms with Crippen LogP contribution in [0.3, 0.4) is 0 Å². The second kappa shape index (κ2) is 4.27. The van der Waals surface area contributed by atoms with Crippen molar-refractivity contribution in [3.63, 3.8) is 0 Å². The molecule has 13 heavy (non-hydrogen) atoms. The molecule has 0 bridgehead atoms. The smallest absolute Gasteiger partial charge is 0.329 e. The Morgan fingerprint density at radius 1 is 1.77 bits per heavy atom. The summed E-state index contributed by atoms with van der Waals surface area (Å²) in [6, 6.07) is 0. The normalized spacial score (nSPS) is 24.6. The Morgan fingerprint density at radius 2 is 2.46 bits per heavy atom. The highest BCUT2D eigenvalue weighted by atomic mass is 32.2. The number of nitrogens with zero attached hydrogens (tertiary/aromatic N) is 1. The predicted molar refractivity (Wildman–Crippen MR) is 49.5 cm³/mol. The van der Waals surface area contributed by atoms with Crippen LogP contribution in [0.1, 0.15) is 6.92 Å². The van der Waals surface area contributed by atoms with Gasteiger partial charge >= 0.3 is 5.97 Å². The van der Waals surface area contributed by atoms with Gasteiger partial charge in [0.05, 0.1) is 6.61 Å². The zero-order valence-corrected chi connectivity index (χ0v) is 8.18. The van der Waals surface area contributed by atoms with Crippen molar-refractivity contribution in [2.24, 2.45) is 4.99 Å². The van der Waals surface area contributed by atoms with Gasteiger partial charge in [-0.1, -0.05) is 11.8 Å². The molecule has 6 heteroatoms. The summed E-state index contributed by atoms with van der Waals surface area (Å²) in [7, 11) is 1.55. The van der Waals surface area contributed by atoms with Crippen LogP contribution in [0, 0.1) is 0 Å². The highest BCUT2D eigenvalue weighted by Gasteiger charge is 2.36. The Hall–Kier alpha value is -1.04. The number of thioether (sulfide) groups is 1. The summed E-state index contributed by atoms with van der Waals surface area (Å²) in [5, 5.41) is 2.13. The molecule has 0 radical (unpaired) electrons. The van der Waals surface area contributed by atoms with Gasteiger partial charge in [-0.2, -0.15) is 0 Å². The number of nitrogens with one attached hydrogen (secondary N) is 1. The molecule has 0 unspecified atom stereocenters. The fourth-order valence-electron chi connectivity index (χ4n) is 0.847. The third-order valence-electron chi connectivity index (χ3n) is 1.40. The summed E-state index contributed by atoms with van der Waals surface area (Å²) in [5.74, 6) is -0.868. The largest absolute Gasteiger partial charge is 0.465 e. The molecule has 0 aromatic rings. The standard InChI is InChI=1S/C7H10N2O3S/c1-3-12-6(11)4-5(10)9-7(8-2)13-4/h4H,3H2,1-2H3,(H,8,9,10)/t4-/m1/s1. The molecule has 0 spiro atoms. The molecule has 1 aliphatic rings. The molecule has 0 saturated carbocycles. The zero-order valence-electron chi connectivity index (χ0n) is 7.36. The van der Waals surface area contributed by atoms with E-state index in [9.17, 15) is 9.59 Å². The van der Waals surface area contributed by atoms with Gasteiger partial charge in [0.25, 0.3) is 5.91 Å². The van der Waals surface area contributed by atoms with Crippen LogP contribution in [-0.2, 0) is 14.3 Å². The first-order valence-corrected chi connectivity index (χ1v) is 4.68. The van der Waals surface area contributed by atoms with Crippen molar-refractivity contribution in [2.45, 2.75) is 12.2 Å². The van der Waals surface area contributed by atoms with Crippen LogP contribution in [0.25, 0.3) is 0 Å². The molecule has 1 heterocycles. The van der Waals surface area contributed by atoms with Crippen LogP contribution < -0.4 is 5.32 Å². The van der Waals surface area contributed by atoms with Crippen LogP contribution in [0.4, 0.5) is 0 Å². The van der Waals surface area contributed by atoms with E-state index < -0.39 is 11.2 Å². The molecule has 1 aliphatic heterocycles. The summed E-state index contributed by atoms with van der Waals surface area (Å²) in [4.78, 5) is 26.1. The number of hydrogen-bond acceptors (Lipinski definition) is 5. The molecular weight excluding hydrogens is 192 g/mol. The number of amides is 1. The monoisotopic (exact) mass is 202 g/mol. The number of carbonyl (C=O) groups is 2. The van der Waals surface area contributed by atoms with Crippen molar-refractivity contribution in [3.05, 3.63) is 0 Å². The maximum atomic E-state index is 11.2. The van der Waals surface area contributed by atoms with E-state index in [1.165, 1.54) is 0 Å². The summed E-state index contributed by atoms with van der Waals surface area (Å²) in [6.45, 7) is 1.98. The molecule has 1 amide bonds. The quantitative estimate of drug-likeness (QED) is 0.496. The third kappa shape index (κ3) is 2.21. The van der Waals surface area contributed by atoms with E-state index in [-0.39, 0.29) is 12.5 Å². The number of rotatable bonds is 2. The SMILES string of the molecule is CCOC(=O)[C@@H]1SC(=NC)NC1=O. The van der Waals surface area contributed by atoms with Gasteiger partial charge in [-0.05, 0) is 6.92 Å². The maximum Gasteiger partial charge on any atom is 0.329 e. The molecule has 72 valence electrons. The third-order valence-corrected chi connectivity index (χ3v) is 2.55. The number of esters is 1. The number of hydrogen-bond donors (Lipinski definition) is 1. The first-order chi connectivity index (χ1) is 6.19. The van der Waals surface area contributed by atoms with Gasteiger partial charge in [0.2, 0.25) is 0 Å². The minimum atomic E-state index is -0.793. The number of carbonyl (C=O) groups excluding carboxylic acids is 2. The molecule has 1 atom stereocenters. The van der Waals surface area contributed by atoms with E-state index in [1.807, 2.05) is 0 Å². The van der Waals surface area contributed by atoms with Gasteiger partial charge in [0, 0.05) is 7.05 Å². The van der Waals surface area contributed by atoms with Gasteiger partial charge in [0.15, 0.2) is 10.4 Å². The Balaban J connectivity index is 2.62. The van der Waals surface area contributed by atoms with Crippen molar-refractivity contribution in [3.8, 4) is 0 Å². The lowest BCUT2D eigenvalue weighted by Crippen LogP contribution is -2.31. The van der Waals surface area contributed by atoms with Gasteiger partial charge in [-0.15, -0.1) is 0 Å². The van der Waals surface area contributed by atoms with Gasteiger partial charge in [-0.3, -0.25) is 14.6 Å². The molecule has 0 aromatic heterocycles. The van der Waals surface area contributed by atoms with Crippen molar-refractivity contribution < 1.29 is 14.3 Å². The molecule has 0 aromatic carbocycles. The molecule has 5 nitrogen and oxygen atoms in total. The average Bonchev–Trinajstić information content (AvgIpc) is 2.47. The van der Waals surface area contributed by atoms with Crippen molar-refractivity contribution in [1.82, 2.24) is 5.32 Å². The topological polar surface area (TPSA) is 67.8 Å². The fourth-order valence-corrected chi connectivity index (χ4v) is 1.67.